The Kier molecular flexibility index (Phi) is 3.93. The van der Waals surface area contributed by atoms with Crippen LogP contribution < -0.4 is 5.32 Å². The lowest BCUT2D eigenvalue weighted by atomic mass is 10.1. The highest BCUT2D eigenvalue weighted by Gasteiger charge is 2.14. The molecule has 1 aliphatic carbocycles. The number of rotatable bonds is 3. The van der Waals surface area contributed by atoms with E-state index in [2.05, 4.69) is 45.0 Å². The molecule has 0 fully saturated rings. The Hall–Kier alpha value is -0.910. The zero-order chi connectivity index (χ0) is 11.4. The van der Waals surface area contributed by atoms with Crippen molar-refractivity contribution in [3.8, 4) is 0 Å². The number of pyridine rings is 1. The molecule has 1 aliphatic rings. The second kappa shape index (κ2) is 5.43. The van der Waals surface area contributed by atoms with E-state index in [0.29, 0.717) is 18.2 Å². The Labute approximate surface area is 108 Å². The van der Waals surface area contributed by atoms with Crippen molar-refractivity contribution in [3.05, 3.63) is 34.1 Å². The summed E-state index contributed by atoms with van der Waals surface area (Å²) in [5, 5.41) is 2.81. The highest BCUT2D eigenvalue weighted by molar-refractivity contribution is 14.1. The summed E-state index contributed by atoms with van der Waals surface area (Å²) in [5.74, 6) is 1.08. The Bertz CT molecular complexity index is 400. The molecule has 84 valence electrons. The van der Waals surface area contributed by atoms with E-state index in [4.69, 9.17) is 0 Å². The molecule has 0 saturated carbocycles. The number of halogens is 1. The first kappa shape index (κ1) is 11.6. The van der Waals surface area contributed by atoms with Crippen molar-refractivity contribution in [3.63, 3.8) is 0 Å². The van der Waals surface area contributed by atoms with Crippen molar-refractivity contribution in [2.75, 3.05) is 5.32 Å². The number of carbonyl (C=O) groups is 1. The van der Waals surface area contributed by atoms with E-state index in [1.54, 1.807) is 6.20 Å². The zero-order valence-corrected chi connectivity index (χ0v) is 11.0. The van der Waals surface area contributed by atoms with Crippen LogP contribution in [0.15, 0.2) is 30.5 Å². The van der Waals surface area contributed by atoms with Gasteiger partial charge < -0.3 is 5.32 Å². The highest BCUT2D eigenvalue weighted by atomic mass is 127. The van der Waals surface area contributed by atoms with Gasteiger partial charge in [-0.3, -0.25) is 4.79 Å². The molecule has 1 atom stereocenters. The van der Waals surface area contributed by atoms with E-state index in [-0.39, 0.29) is 5.91 Å². The zero-order valence-electron chi connectivity index (χ0n) is 8.82. The van der Waals surface area contributed by atoms with Gasteiger partial charge in [0.25, 0.3) is 0 Å². The van der Waals surface area contributed by atoms with Crippen LogP contribution in [0, 0.1) is 9.49 Å². The molecule has 0 radical (unpaired) electrons. The largest absolute Gasteiger partial charge is 0.311 e. The van der Waals surface area contributed by atoms with Gasteiger partial charge in [0.1, 0.15) is 5.82 Å². The van der Waals surface area contributed by atoms with Gasteiger partial charge in [-0.15, -0.1) is 0 Å². The number of aromatic nitrogens is 1. The summed E-state index contributed by atoms with van der Waals surface area (Å²) in [6, 6.07) is 3.75. The van der Waals surface area contributed by atoms with Gasteiger partial charge in [0.05, 0.1) is 0 Å². The van der Waals surface area contributed by atoms with Crippen molar-refractivity contribution in [1.29, 1.82) is 0 Å². The smallest absolute Gasteiger partial charge is 0.226 e. The van der Waals surface area contributed by atoms with E-state index in [9.17, 15) is 4.79 Å². The molecule has 2 rings (SSSR count). The van der Waals surface area contributed by atoms with Crippen molar-refractivity contribution in [2.45, 2.75) is 19.3 Å². The van der Waals surface area contributed by atoms with E-state index in [1.165, 1.54) is 0 Å². The summed E-state index contributed by atoms with van der Waals surface area (Å²) in [4.78, 5) is 15.8. The fourth-order valence-electron chi connectivity index (χ4n) is 1.75. The van der Waals surface area contributed by atoms with E-state index in [1.807, 2.05) is 12.1 Å². The normalized spacial score (nSPS) is 18.7. The standard InChI is InChI=1S/C12H13IN2O/c13-10-5-6-11(14-8-10)15-12(16)7-9-3-1-2-4-9/h1,3,5-6,8-9H,2,4,7H2,(H,14,15,16). The van der Waals surface area contributed by atoms with E-state index >= 15 is 0 Å². The Morgan fingerprint density at radius 1 is 1.56 bits per heavy atom. The summed E-state index contributed by atoms with van der Waals surface area (Å²) in [6.07, 6.45) is 8.76. The van der Waals surface area contributed by atoms with Gasteiger partial charge in [0.15, 0.2) is 0 Å². The second-order valence-corrected chi connectivity index (χ2v) is 5.13. The highest BCUT2D eigenvalue weighted by Crippen LogP contribution is 2.20. The molecule has 0 aromatic carbocycles. The van der Waals surface area contributed by atoms with Crippen molar-refractivity contribution in [2.24, 2.45) is 5.92 Å². The molecule has 1 unspecified atom stereocenters. The number of amides is 1. The van der Waals surface area contributed by atoms with Crippen LogP contribution in [0.1, 0.15) is 19.3 Å². The monoisotopic (exact) mass is 328 g/mol. The van der Waals surface area contributed by atoms with E-state index in [0.717, 1.165) is 16.4 Å². The molecule has 1 heterocycles. The molecule has 0 saturated heterocycles. The minimum Gasteiger partial charge on any atom is -0.311 e. The summed E-state index contributed by atoms with van der Waals surface area (Å²) in [7, 11) is 0. The summed E-state index contributed by atoms with van der Waals surface area (Å²) in [6.45, 7) is 0. The van der Waals surface area contributed by atoms with Crippen LogP contribution in [0.3, 0.4) is 0 Å². The van der Waals surface area contributed by atoms with Gasteiger partial charge in [-0.2, -0.15) is 0 Å². The molecule has 3 nitrogen and oxygen atoms in total. The van der Waals surface area contributed by atoms with Crippen molar-refractivity contribution < 1.29 is 4.79 Å². The van der Waals surface area contributed by atoms with Crippen LogP contribution in [-0.4, -0.2) is 10.9 Å². The third kappa shape index (κ3) is 3.30. The number of hydrogen-bond acceptors (Lipinski definition) is 2. The summed E-state index contributed by atoms with van der Waals surface area (Å²) >= 11 is 2.19. The minimum atomic E-state index is 0.0465. The molecule has 4 heteroatoms. The number of nitrogens with zero attached hydrogens (tertiary/aromatic N) is 1. The lowest BCUT2D eigenvalue weighted by Gasteiger charge is -2.07. The maximum Gasteiger partial charge on any atom is 0.226 e. The van der Waals surface area contributed by atoms with Crippen molar-refractivity contribution in [1.82, 2.24) is 4.98 Å². The third-order valence-corrected chi connectivity index (χ3v) is 3.19. The van der Waals surface area contributed by atoms with Gasteiger partial charge in [-0.1, -0.05) is 12.2 Å². The molecule has 1 aromatic rings. The Morgan fingerprint density at radius 2 is 2.44 bits per heavy atom. The maximum atomic E-state index is 11.7. The van der Waals surface area contributed by atoms with Crippen LogP contribution in [0.4, 0.5) is 5.82 Å². The molecule has 1 N–H and O–H groups in total. The number of nitrogens with one attached hydrogen (secondary N) is 1. The van der Waals surface area contributed by atoms with Gasteiger partial charge in [-0.05, 0) is 53.5 Å². The Balaban J connectivity index is 1.86. The molecule has 0 bridgehead atoms. The first-order valence-corrected chi connectivity index (χ1v) is 6.40. The minimum absolute atomic E-state index is 0.0465. The van der Waals surface area contributed by atoms with E-state index < -0.39 is 0 Å². The third-order valence-electron chi connectivity index (χ3n) is 2.55. The predicted molar refractivity (Wildman–Crippen MR) is 72.1 cm³/mol. The molecule has 16 heavy (non-hydrogen) atoms. The average molecular weight is 328 g/mol. The predicted octanol–water partition coefficient (Wildman–Crippen LogP) is 2.98. The summed E-state index contributed by atoms with van der Waals surface area (Å²) in [5.41, 5.74) is 0. The van der Waals surface area contributed by atoms with Crippen LogP contribution in [0.2, 0.25) is 0 Å². The number of allylic oxidation sites excluding steroid dienone is 2. The molecule has 1 aromatic heterocycles. The molecular formula is C12H13IN2O. The molecule has 0 spiro atoms. The second-order valence-electron chi connectivity index (χ2n) is 3.88. The van der Waals surface area contributed by atoms with Gasteiger partial charge >= 0.3 is 0 Å². The molecule has 1 amide bonds. The maximum absolute atomic E-state index is 11.7. The fraction of sp³-hybridized carbons (Fsp3) is 0.333. The lowest BCUT2D eigenvalue weighted by Crippen LogP contribution is -2.15. The first-order chi connectivity index (χ1) is 7.74. The van der Waals surface area contributed by atoms with Crippen LogP contribution in [-0.2, 0) is 4.79 Å². The average Bonchev–Trinajstić information content (AvgIpc) is 2.74. The van der Waals surface area contributed by atoms with Crippen molar-refractivity contribution >= 4 is 34.3 Å². The van der Waals surface area contributed by atoms with Crippen LogP contribution in [0.25, 0.3) is 0 Å². The van der Waals surface area contributed by atoms with Gasteiger partial charge in [0, 0.05) is 16.2 Å². The topological polar surface area (TPSA) is 42.0 Å². The fourth-order valence-corrected chi connectivity index (χ4v) is 2.07. The SMILES string of the molecule is O=C(CC1C=CCC1)Nc1ccc(I)cn1. The summed E-state index contributed by atoms with van der Waals surface area (Å²) < 4.78 is 1.06. The van der Waals surface area contributed by atoms with Crippen LogP contribution in [0.5, 0.6) is 0 Å². The van der Waals surface area contributed by atoms with Gasteiger partial charge in [-0.25, -0.2) is 4.98 Å². The quantitative estimate of drug-likeness (QED) is 0.685. The van der Waals surface area contributed by atoms with Gasteiger partial charge in [0.2, 0.25) is 5.91 Å². The number of anilines is 1. The Morgan fingerprint density at radius 3 is 3.06 bits per heavy atom. The first-order valence-electron chi connectivity index (χ1n) is 5.32. The number of hydrogen-bond donors (Lipinski definition) is 1. The molecule has 0 aliphatic heterocycles. The molecular weight excluding hydrogens is 315 g/mol. The lowest BCUT2D eigenvalue weighted by molar-refractivity contribution is -0.116. The number of carbonyl (C=O) groups excluding carboxylic acids is 1. The van der Waals surface area contributed by atoms with Crippen LogP contribution >= 0.6 is 22.6 Å².